The monoisotopic (exact) mass is 463 g/mol. The number of carbonyl (C=O) groups excluding carboxylic acids is 1. The lowest BCUT2D eigenvalue weighted by atomic mass is 9.91. The Kier molecular flexibility index (Phi) is 6.72. The van der Waals surface area contributed by atoms with Crippen molar-refractivity contribution in [2.45, 2.75) is 44.9 Å². The van der Waals surface area contributed by atoms with E-state index in [-0.39, 0.29) is 22.3 Å². The lowest BCUT2D eigenvalue weighted by molar-refractivity contribution is -0.321. The van der Waals surface area contributed by atoms with Gasteiger partial charge in [0.25, 0.3) is 0 Å². The number of carboxylic acids is 1. The van der Waals surface area contributed by atoms with Gasteiger partial charge in [0.1, 0.15) is 11.9 Å². The molecule has 0 aliphatic rings. The van der Waals surface area contributed by atoms with Crippen molar-refractivity contribution in [3.8, 4) is 16.9 Å². The van der Waals surface area contributed by atoms with Crippen LogP contribution in [0.2, 0.25) is 0 Å². The Bertz CT molecular complexity index is 1070. The fourth-order valence-electron chi connectivity index (χ4n) is 2.77. The van der Waals surface area contributed by atoms with E-state index in [2.05, 4.69) is 4.18 Å². The van der Waals surface area contributed by atoms with Crippen molar-refractivity contribution >= 4 is 16.1 Å². The molecule has 0 aromatic heterocycles. The van der Waals surface area contributed by atoms with E-state index in [1.165, 1.54) is 13.0 Å². The summed E-state index contributed by atoms with van der Waals surface area (Å²) in [7, 11) is -6.08. The van der Waals surface area contributed by atoms with Crippen LogP contribution in [0.4, 0.5) is 17.6 Å². The molecule has 0 aliphatic heterocycles. The molecule has 6 nitrogen and oxygen atoms in total. The minimum Gasteiger partial charge on any atom is -0.547 e. The predicted octanol–water partition coefficient (Wildman–Crippen LogP) is 3.64. The van der Waals surface area contributed by atoms with Gasteiger partial charge in [-0.1, -0.05) is 18.2 Å². The van der Waals surface area contributed by atoms with E-state index in [1.807, 2.05) is 0 Å². The lowest BCUT2D eigenvalue weighted by Crippen LogP contribution is -2.37. The maximum absolute atomic E-state index is 13.4. The van der Waals surface area contributed by atoms with Crippen molar-refractivity contribution in [2.75, 3.05) is 0 Å². The second kappa shape index (κ2) is 8.46. The number of hydrogen-bond acceptors (Lipinski definition) is 6. The van der Waals surface area contributed by atoms with Gasteiger partial charge in [-0.15, -0.1) is 0 Å². The normalized spacial score (nSPS) is 13.7. The van der Waals surface area contributed by atoms with Crippen LogP contribution in [-0.4, -0.2) is 25.5 Å². The zero-order valence-electron chi connectivity index (χ0n) is 16.9. The highest BCUT2D eigenvalue weighted by atomic mass is 32.2. The molecule has 1 unspecified atom stereocenters. The van der Waals surface area contributed by atoms with Crippen LogP contribution < -0.4 is 9.29 Å². The molecule has 1 atom stereocenters. The van der Waals surface area contributed by atoms with E-state index in [9.17, 15) is 35.9 Å². The Morgan fingerprint density at radius 2 is 1.58 bits per heavy atom. The van der Waals surface area contributed by atoms with Gasteiger partial charge in [-0.2, -0.15) is 21.6 Å². The molecule has 0 saturated carbocycles. The molecule has 0 spiro atoms. The van der Waals surface area contributed by atoms with Crippen molar-refractivity contribution in [1.29, 1.82) is 0 Å². The van der Waals surface area contributed by atoms with E-state index in [0.29, 0.717) is 0 Å². The predicted molar refractivity (Wildman–Crippen MR) is 101 cm³/mol. The van der Waals surface area contributed by atoms with Gasteiger partial charge < -0.3 is 18.8 Å². The molecule has 31 heavy (non-hydrogen) atoms. The molecule has 0 radical (unpaired) electrons. The SMILES string of the molecule is Cc1ccc(OS(=O)(=O)C(F)(F)F)c(-c2ccc(F)cc2)c1C(OC(C)(C)C)C(=O)[O-]. The third kappa shape index (κ3) is 5.73. The van der Waals surface area contributed by atoms with Crippen LogP contribution in [-0.2, 0) is 19.6 Å². The summed E-state index contributed by atoms with van der Waals surface area (Å²) in [6.07, 6.45) is -1.79. The highest BCUT2D eigenvalue weighted by molar-refractivity contribution is 7.88. The molecule has 170 valence electrons. The average Bonchev–Trinajstić information content (AvgIpc) is 2.60. The summed E-state index contributed by atoms with van der Waals surface area (Å²) in [4.78, 5) is 11.9. The molecule has 11 heteroatoms. The first kappa shape index (κ1) is 24.6. The number of rotatable bonds is 6. The molecule has 0 bridgehead atoms. The van der Waals surface area contributed by atoms with Crippen molar-refractivity contribution in [3.05, 3.63) is 53.3 Å². The third-order valence-corrected chi connectivity index (χ3v) is 4.95. The topological polar surface area (TPSA) is 92.7 Å². The van der Waals surface area contributed by atoms with Crippen LogP contribution >= 0.6 is 0 Å². The minimum absolute atomic E-state index is 0.0104. The first-order valence-corrected chi connectivity index (χ1v) is 10.2. The highest BCUT2D eigenvalue weighted by Gasteiger charge is 2.49. The first-order chi connectivity index (χ1) is 14.0. The van der Waals surface area contributed by atoms with Gasteiger partial charge >= 0.3 is 15.6 Å². The Labute approximate surface area is 176 Å². The summed E-state index contributed by atoms with van der Waals surface area (Å²) in [6.45, 7) is 6.09. The fourth-order valence-corrected chi connectivity index (χ4v) is 3.24. The lowest BCUT2D eigenvalue weighted by Gasteiger charge is -2.31. The smallest absolute Gasteiger partial charge is 0.534 e. The second-order valence-electron chi connectivity index (χ2n) is 7.59. The van der Waals surface area contributed by atoms with Crippen LogP contribution in [0.15, 0.2) is 36.4 Å². The zero-order chi connectivity index (χ0) is 23.8. The van der Waals surface area contributed by atoms with Crippen LogP contribution in [0, 0.1) is 12.7 Å². The quantitative estimate of drug-likeness (QED) is 0.369. The number of benzene rings is 2. The van der Waals surface area contributed by atoms with Crippen LogP contribution in [0.5, 0.6) is 5.75 Å². The number of carboxylic acid groups (broad SMARTS) is 1. The van der Waals surface area contributed by atoms with Gasteiger partial charge in [0.05, 0.1) is 11.6 Å². The number of hydrogen-bond donors (Lipinski definition) is 0. The molecular formula is C20H19F4O6S-. The zero-order valence-corrected chi connectivity index (χ0v) is 17.7. The number of carbonyl (C=O) groups is 1. The summed E-state index contributed by atoms with van der Waals surface area (Å²) in [6, 6.07) is 6.37. The fraction of sp³-hybridized carbons (Fsp3) is 0.350. The van der Waals surface area contributed by atoms with Gasteiger partial charge in [-0.25, -0.2) is 4.39 Å². The standard InChI is InChI=1S/C20H20F4O6S/c1-11-5-10-14(30-31(27,28)20(22,23)24)16(12-6-8-13(21)9-7-12)15(11)17(18(25)26)29-19(2,3)4/h5-10,17H,1-4H3,(H,25,26)/p-1. The third-order valence-electron chi connectivity index (χ3n) is 3.99. The summed E-state index contributed by atoms with van der Waals surface area (Å²) < 4.78 is 85.2. The number of halogens is 4. The van der Waals surface area contributed by atoms with Crippen molar-refractivity contribution in [1.82, 2.24) is 0 Å². The first-order valence-electron chi connectivity index (χ1n) is 8.82. The Morgan fingerprint density at radius 3 is 2.03 bits per heavy atom. The van der Waals surface area contributed by atoms with E-state index in [4.69, 9.17) is 4.74 Å². The summed E-state index contributed by atoms with van der Waals surface area (Å²) in [5, 5.41) is 11.9. The Hall–Kier alpha value is -2.66. The summed E-state index contributed by atoms with van der Waals surface area (Å²) in [5.41, 5.74) is -6.99. The molecule has 2 aromatic carbocycles. The number of alkyl halides is 3. The minimum atomic E-state index is -6.08. The maximum Gasteiger partial charge on any atom is 0.534 e. The molecule has 0 heterocycles. The van der Waals surface area contributed by atoms with E-state index < -0.39 is 44.9 Å². The Morgan fingerprint density at radius 1 is 1.03 bits per heavy atom. The molecule has 2 aromatic rings. The van der Waals surface area contributed by atoms with E-state index >= 15 is 0 Å². The number of aryl methyl sites for hydroxylation is 1. The molecule has 2 rings (SSSR count). The van der Waals surface area contributed by atoms with Gasteiger partial charge in [-0.3, -0.25) is 0 Å². The van der Waals surface area contributed by atoms with E-state index in [1.54, 1.807) is 20.8 Å². The van der Waals surface area contributed by atoms with Crippen molar-refractivity contribution in [2.24, 2.45) is 0 Å². The van der Waals surface area contributed by atoms with Crippen molar-refractivity contribution < 1.29 is 44.8 Å². The van der Waals surface area contributed by atoms with Crippen LogP contribution in [0.1, 0.15) is 38.0 Å². The molecule has 0 N–H and O–H groups in total. The molecule has 0 saturated heterocycles. The van der Waals surface area contributed by atoms with Gasteiger partial charge in [-0.05, 0) is 57.0 Å². The van der Waals surface area contributed by atoms with Crippen LogP contribution in [0.25, 0.3) is 11.1 Å². The summed E-state index contributed by atoms with van der Waals surface area (Å²) in [5.74, 6) is -3.18. The molecular weight excluding hydrogens is 444 g/mol. The van der Waals surface area contributed by atoms with Crippen molar-refractivity contribution in [3.63, 3.8) is 0 Å². The highest BCUT2D eigenvalue weighted by Crippen LogP contribution is 2.42. The number of ether oxygens (including phenoxy) is 1. The molecule has 0 fully saturated rings. The molecule has 0 aliphatic carbocycles. The molecule has 0 amide bonds. The van der Waals surface area contributed by atoms with E-state index in [0.717, 1.165) is 30.3 Å². The Balaban J connectivity index is 2.86. The van der Waals surface area contributed by atoms with Gasteiger partial charge in [0, 0.05) is 11.1 Å². The average molecular weight is 463 g/mol. The van der Waals surface area contributed by atoms with Gasteiger partial charge in [0.15, 0.2) is 5.75 Å². The van der Waals surface area contributed by atoms with Gasteiger partial charge in [0.2, 0.25) is 0 Å². The maximum atomic E-state index is 13.4. The largest absolute Gasteiger partial charge is 0.547 e. The second-order valence-corrected chi connectivity index (χ2v) is 9.13. The number of aliphatic carboxylic acids is 1. The van der Waals surface area contributed by atoms with Crippen LogP contribution in [0.3, 0.4) is 0 Å². The summed E-state index contributed by atoms with van der Waals surface area (Å²) >= 11 is 0.